The predicted molar refractivity (Wildman–Crippen MR) is 77.8 cm³/mol. The van der Waals surface area contributed by atoms with Gasteiger partial charge in [0.1, 0.15) is 18.1 Å². The van der Waals surface area contributed by atoms with Crippen LogP contribution in [0.1, 0.15) is 5.56 Å². The van der Waals surface area contributed by atoms with Crippen LogP contribution in [0, 0.1) is 18.2 Å². The molecule has 0 atom stereocenters. The molecule has 0 amide bonds. The molecule has 0 saturated heterocycles. The number of halogens is 2. The average Bonchev–Trinajstić information content (AvgIpc) is 2.95. The summed E-state index contributed by atoms with van der Waals surface area (Å²) in [5.41, 5.74) is -0.361. The summed E-state index contributed by atoms with van der Waals surface area (Å²) < 4.78 is 28.0. The van der Waals surface area contributed by atoms with Gasteiger partial charge in [0.25, 0.3) is 11.4 Å². The molecule has 8 heteroatoms. The van der Waals surface area contributed by atoms with Crippen molar-refractivity contribution >= 4 is 5.82 Å². The number of aromatic nitrogens is 4. The highest BCUT2D eigenvalue weighted by atomic mass is 19.1. The zero-order valence-corrected chi connectivity index (χ0v) is 11.6. The highest BCUT2D eigenvalue weighted by molar-refractivity contribution is 5.56. The van der Waals surface area contributed by atoms with Crippen LogP contribution in [0.2, 0.25) is 0 Å². The Morgan fingerprint density at radius 3 is 2.74 bits per heavy atom. The van der Waals surface area contributed by atoms with Gasteiger partial charge in [0.05, 0.1) is 6.20 Å². The van der Waals surface area contributed by atoms with Gasteiger partial charge in [-0.15, -0.1) is 0 Å². The molecular formula is C15H9F2N5O. The molecule has 3 rings (SSSR count). The minimum absolute atomic E-state index is 0.0357. The van der Waals surface area contributed by atoms with Crippen LogP contribution in [0.3, 0.4) is 0 Å². The highest BCUT2D eigenvalue weighted by Gasteiger charge is 2.15. The first-order chi connectivity index (χ1) is 11.1. The van der Waals surface area contributed by atoms with E-state index < -0.39 is 17.2 Å². The molecule has 0 aliphatic heterocycles. The summed E-state index contributed by atoms with van der Waals surface area (Å²) in [6.07, 6.45) is 0.779. The largest absolute Gasteiger partial charge is 0.362 e. The van der Waals surface area contributed by atoms with Crippen molar-refractivity contribution in [3.05, 3.63) is 75.5 Å². The van der Waals surface area contributed by atoms with E-state index >= 15 is 0 Å². The van der Waals surface area contributed by atoms with Crippen molar-refractivity contribution < 1.29 is 8.78 Å². The van der Waals surface area contributed by atoms with Gasteiger partial charge in [-0.1, -0.05) is 29.9 Å². The molecule has 2 heterocycles. The van der Waals surface area contributed by atoms with E-state index in [1.54, 1.807) is 18.2 Å². The molecule has 1 aromatic carbocycles. The third-order valence-electron chi connectivity index (χ3n) is 3.15. The molecule has 0 spiro atoms. The van der Waals surface area contributed by atoms with E-state index in [1.807, 2.05) is 0 Å². The molecule has 6 nitrogen and oxygen atoms in total. The maximum Gasteiger partial charge on any atom is 0.287 e. The van der Waals surface area contributed by atoms with E-state index in [4.69, 9.17) is 6.57 Å². The minimum Gasteiger partial charge on any atom is -0.362 e. The number of nitrogens with one attached hydrogen (secondary N) is 1. The number of aromatic amines is 1. The summed E-state index contributed by atoms with van der Waals surface area (Å²) in [5, 5.41) is 4.14. The van der Waals surface area contributed by atoms with Crippen molar-refractivity contribution in [1.82, 2.24) is 19.7 Å². The molecule has 0 bridgehead atoms. The zero-order chi connectivity index (χ0) is 16.4. The molecule has 0 aliphatic rings. The smallest absolute Gasteiger partial charge is 0.287 e. The normalized spacial score (nSPS) is 10.5. The molecule has 2 aromatic heterocycles. The van der Waals surface area contributed by atoms with Gasteiger partial charge in [-0.05, 0) is 12.1 Å². The summed E-state index contributed by atoms with van der Waals surface area (Å²) in [6.45, 7) is 7.23. The quantitative estimate of drug-likeness (QED) is 0.756. The number of H-pyrrole nitrogens is 1. The first-order valence-electron chi connectivity index (χ1n) is 6.52. The lowest BCUT2D eigenvalue weighted by atomic mass is 10.2. The molecule has 0 saturated carbocycles. The van der Waals surface area contributed by atoms with E-state index in [9.17, 15) is 13.6 Å². The number of rotatable bonds is 3. The molecule has 0 fully saturated rings. The Kier molecular flexibility index (Phi) is 3.68. The standard InChI is InChI=1S/C15H9F2N5O/c1-18-13-6-12(14-19-7-11(17)15(23)20-14)21-22(13)8-9-4-2-3-5-10(9)16/h2-7H,8H2,(H,19,20,23). The fourth-order valence-electron chi connectivity index (χ4n) is 2.03. The number of nitrogens with zero attached hydrogens (tertiary/aromatic N) is 4. The average molecular weight is 313 g/mol. The first-order valence-corrected chi connectivity index (χ1v) is 6.52. The topological polar surface area (TPSA) is 67.9 Å². The zero-order valence-electron chi connectivity index (χ0n) is 11.6. The summed E-state index contributed by atoms with van der Waals surface area (Å²) in [5.74, 6) is -1.23. The van der Waals surface area contributed by atoms with Gasteiger partial charge in [-0.3, -0.25) is 4.79 Å². The third kappa shape index (κ3) is 2.85. The van der Waals surface area contributed by atoms with Crippen LogP contribution in [0.5, 0.6) is 0 Å². The van der Waals surface area contributed by atoms with Gasteiger partial charge in [0.2, 0.25) is 5.82 Å². The Morgan fingerprint density at radius 1 is 1.26 bits per heavy atom. The van der Waals surface area contributed by atoms with Crippen LogP contribution in [-0.2, 0) is 6.54 Å². The molecule has 23 heavy (non-hydrogen) atoms. The highest BCUT2D eigenvalue weighted by Crippen LogP contribution is 2.22. The second-order valence-corrected chi connectivity index (χ2v) is 4.66. The lowest BCUT2D eigenvalue weighted by molar-refractivity contribution is 0.588. The van der Waals surface area contributed by atoms with Crippen LogP contribution in [0.15, 0.2) is 41.3 Å². The Bertz CT molecular complexity index is 970. The van der Waals surface area contributed by atoms with E-state index in [0.717, 1.165) is 6.20 Å². The van der Waals surface area contributed by atoms with E-state index in [0.29, 0.717) is 5.56 Å². The van der Waals surface area contributed by atoms with Crippen molar-refractivity contribution in [2.75, 3.05) is 0 Å². The van der Waals surface area contributed by atoms with E-state index in [1.165, 1.54) is 16.8 Å². The molecule has 1 N–H and O–H groups in total. The van der Waals surface area contributed by atoms with Gasteiger partial charge >= 0.3 is 0 Å². The van der Waals surface area contributed by atoms with Gasteiger partial charge in [-0.2, -0.15) is 9.07 Å². The third-order valence-corrected chi connectivity index (χ3v) is 3.15. The minimum atomic E-state index is -1.01. The van der Waals surface area contributed by atoms with Crippen LogP contribution >= 0.6 is 0 Å². The van der Waals surface area contributed by atoms with Gasteiger partial charge in [0, 0.05) is 5.56 Å². The second-order valence-electron chi connectivity index (χ2n) is 4.66. The Hall–Kier alpha value is -3.34. The van der Waals surface area contributed by atoms with Crippen LogP contribution in [0.4, 0.5) is 14.6 Å². The maximum atomic E-state index is 13.7. The summed E-state index contributed by atoms with van der Waals surface area (Å²) in [7, 11) is 0. The Labute approximate surface area is 128 Å². The Morgan fingerprint density at radius 2 is 2.04 bits per heavy atom. The molecule has 114 valence electrons. The van der Waals surface area contributed by atoms with Crippen molar-refractivity contribution in [3.8, 4) is 11.5 Å². The van der Waals surface area contributed by atoms with Crippen LogP contribution < -0.4 is 5.56 Å². The van der Waals surface area contributed by atoms with E-state index in [2.05, 4.69) is 19.9 Å². The summed E-state index contributed by atoms with van der Waals surface area (Å²) >= 11 is 0. The van der Waals surface area contributed by atoms with Crippen molar-refractivity contribution in [3.63, 3.8) is 0 Å². The first kappa shape index (κ1) is 14.6. The van der Waals surface area contributed by atoms with Crippen LogP contribution in [0.25, 0.3) is 16.4 Å². The Balaban J connectivity index is 2.01. The fraction of sp³-hybridized carbons (Fsp3) is 0.0667. The molecule has 0 aliphatic carbocycles. The molecule has 0 unspecified atom stereocenters. The van der Waals surface area contributed by atoms with Crippen LogP contribution in [-0.4, -0.2) is 19.7 Å². The monoisotopic (exact) mass is 313 g/mol. The van der Waals surface area contributed by atoms with Crippen molar-refractivity contribution in [2.24, 2.45) is 0 Å². The maximum absolute atomic E-state index is 13.7. The second kappa shape index (κ2) is 5.81. The number of hydrogen-bond donors (Lipinski definition) is 1. The van der Waals surface area contributed by atoms with E-state index in [-0.39, 0.29) is 23.9 Å². The SMILES string of the molecule is [C-]#[N+]c1cc(-c2ncc(F)c(=O)[nH]2)nn1Cc1ccccc1F. The van der Waals surface area contributed by atoms with Gasteiger partial charge < -0.3 is 9.83 Å². The van der Waals surface area contributed by atoms with Crippen molar-refractivity contribution in [1.29, 1.82) is 0 Å². The summed E-state index contributed by atoms with van der Waals surface area (Å²) in [6, 6.07) is 7.54. The molecular weight excluding hydrogens is 304 g/mol. The lowest BCUT2D eigenvalue weighted by Gasteiger charge is -2.01. The molecule has 3 aromatic rings. The van der Waals surface area contributed by atoms with Gasteiger partial charge in [0.15, 0.2) is 5.82 Å². The summed E-state index contributed by atoms with van der Waals surface area (Å²) in [4.78, 5) is 20.6. The van der Waals surface area contributed by atoms with Crippen molar-refractivity contribution in [2.45, 2.75) is 6.54 Å². The lowest BCUT2D eigenvalue weighted by Crippen LogP contribution is -2.12. The predicted octanol–water partition coefficient (Wildman–Crippen LogP) is 2.51. The number of hydrogen-bond acceptors (Lipinski definition) is 3. The molecule has 0 radical (unpaired) electrons. The fourth-order valence-corrected chi connectivity index (χ4v) is 2.03. The van der Waals surface area contributed by atoms with Gasteiger partial charge in [-0.25, -0.2) is 9.37 Å². The number of benzene rings is 1.